The fourth-order valence-electron chi connectivity index (χ4n) is 1.52. The number of amides is 1. The number of thioether (sulfide) groups is 1. The lowest BCUT2D eigenvalue weighted by molar-refractivity contribution is -0.115. The van der Waals surface area contributed by atoms with Gasteiger partial charge in [0.1, 0.15) is 5.82 Å². The molecule has 0 spiro atoms. The van der Waals surface area contributed by atoms with E-state index in [0.717, 1.165) is 0 Å². The van der Waals surface area contributed by atoms with Crippen LogP contribution in [0.1, 0.15) is 20.8 Å². The molecular weight excluding hydrogens is 405 g/mol. The lowest BCUT2D eigenvalue weighted by Gasteiger charge is -2.11. The molecule has 0 bridgehead atoms. The van der Waals surface area contributed by atoms with Gasteiger partial charge in [0.05, 0.1) is 17.0 Å². The number of benzene rings is 1. The Balaban J connectivity index is 1.95. The maximum Gasteiger partial charge on any atom is 0.295 e. The van der Waals surface area contributed by atoms with Gasteiger partial charge in [-0.3, -0.25) is 4.79 Å². The van der Waals surface area contributed by atoms with Crippen LogP contribution in [-0.4, -0.2) is 27.5 Å². The molecule has 0 radical (unpaired) electrons. The number of hydrogen-bond donors (Lipinski definition) is 1. The average Bonchev–Trinajstić information content (AvgIpc) is 2.88. The zero-order valence-corrected chi connectivity index (χ0v) is 15.9. The van der Waals surface area contributed by atoms with Crippen LogP contribution < -0.4 is 10.1 Å². The van der Waals surface area contributed by atoms with Crippen LogP contribution in [0, 0.1) is 5.82 Å². The molecule has 1 aromatic carbocycles. The summed E-state index contributed by atoms with van der Waals surface area (Å²) in [5, 5.41) is 10.5. The minimum atomic E-state index is -0.492. The number of anilines is 1. The Morgan fingerprint density at radius 3 is 2.78 bits per heavy atom. The van der Waals surface area contributed by atoms with Gasteiger partial charge in [0.15, 0.2) is 4.34 Å². The summed E-state index contributed by atoms with van der Waals surface area (Å²) in [5.74, 6) is -0.800. The third-order valence-electron chi connectivity index (χ3n) is 2.56. The van der Waals surface area contributed by atoms with Crippen molar-refractivity contribution in [3.05, 3.63) is 28.5 Å². The normalized spacial score (nSPS) is 12.3. The standard InChI is InChI=1S/C14H15BrFN3O2S2/c1-7(2)21-13-18-19-14(23-13)22-8(3)12(20)17-11-5-4-9(15)6-10(11)16/h4-8H,1-3H3,(H,17,20). The highest BCUT2D eigenvalue weighted by Gasteiger charge is 2.19. The van der Waals surface area contributed by atoms with Gasteiger partial charge in [-0.1, -0.05) is 32.8 Å². The van der Waals surface area contributed by atoms with Crippen LogP contribution in [0.5, 0.6) is 5.19 Å². The van der Waals surface area contributed by atoms with Crippen LogP contribution in [-0.2, 0) is 4.79 Å². The Kier molecular flexibility index (Phi) is 6.37. The highest BCUT2D eigenvalue weighted by atomic mass is 79.9. The number of carbonyl (C=O) groups is 1. The molecule has 1 unspecified atom stereocenters. The third-order valence-corrected chi connectivity index (χ3v) is 5.05. The quantitative estimate of drug-likeness (QED) is 0.705. The fraction of sp³-hybridized carbons (Fsp3) is 0.357. The van der Waals surface area contributed by atoms with Crippen LogP contribution in [0.25, 0.3) is 0 Å². The van der Waals surface area contributed by atoms with E-state index in [4.69, 9.17) is 4.74 Å². The van der Waals surface area contributed by atoms with Crippen molar-refractivity contribution < 1.29 is 13.9 Å². The van der Waals surface area contributed by atoms with Gasteiger partial charge in [-0.25, -0.2) is 4.39 Å². The van der Waals surface area contributed by atoms with Gasteiger partial charge in [0, 0.05) is 4.47 Å². The number of carbonyl (C=O) groups excluding carboxylic acids is 1. The number of hydrogen-bond acceptors (Lipinski definition) is 6. The highest BCUT2D eigenvalue weighted by molar-refractivity contribution is 9.10. The molecule has 0 aliphatic heterocycles. The van der Waals surface area contributed by atoms with E-state index in [0.29, 0.717) is 14.0 Å². The second kappa shape index (κ2) is 8.07. The van der Waals surface area contributed by atoms with Crippen LogP contribution in [0.4, 0.5) is 10.1 Å². The zero-order valence-electron chi connectivity index (χ0n) is 12.7. The maximum atomic E-state index is 13.7. The smallest absolute Gasteiger partial charge is 0.295 e. The number of rotatable bonds is 6. The predicted octanol–water partition coefficient (Wildman–Crippen LogP) is 4.35. The molecule has 23 heavy (non-hydrogen) atoms. The van der Waals surface area contributed by atoms with Gasteiger partial charge < -0.3 is 10.1 Å². The zero-order chi connectivity index (χ0) is 17.0. The van der Waals surface area contributed by atoms with E-state index in [2.05, 4.69) is 31.4 Å². The van der Waals surface area contributed by atoms with Crippen molar-refractivity contribution in [2.75, 3.05) is 5.32 Å². The van der Waals surface area contributed by atoms with Crippen molar-refractivity contribution in [1.82, 2.24) is 10.2 Å². The van der Waals surface area contributed by atoms with Gasteiger partial charge >= 0.3 is 0 Å². The van der Waals surface area contributed by atoms with Crippen LogP contribution in [0.15, 0.2) is 27.0 Å². The minimum absolute atomic E-state index is 0.0156. The molecule has 1 atom stereocenters. The first-order valence-electron chi connectivity index (χ1n) is 6.78. The molecule has 0 saturated carbocycles. The second-order valence-corrected chi connectivity index (χ2v) is 8.32. The number of halogens is 2. The minimum Gasteiger partial charge on any atom is -0.466 e. The number of nitrogens with one attached hydrogen (secondary N) is 1. The predicted molar refractivity (Wildman–Crippen MR) is 93.7 cm³/mol. The molecular formula is C14H15BrFN3O2S2. The summed E-state index contributed by atoms with van der Waals surface area (Å²) >= 11 is 5.70. The first-order chi connectivity index (χ1) is 10.8. The maximum absolute atomic E-state index is 13.7. The number of nitrogens with zero attached hydrogens (tertiary/aromatic N) is 2. The molecule has 9 heteroatoms. The van der Waals surface area contributed by atoms with E-state index in [1.54, 1.807) is 13.0 Å². The van der Waals surface area contributed by atoms with Crippen LogP contribution in [0.3, 0.4) is 0 Å². The van der Waals surface area contributed by atoms with Gasteiger partial charge in [0.2, 0.25) is 5.91 Å². The number of ether oxygens (including phenoxy) is 1. The fourth-order valence-corrected chi connectivity index (χ4v) is 3.81. The monoisotopic (exact) mass is 419 g/mol. The first-order valence-corrected chi connectivity index (χ1v) is 9.27. The summed E-state index contributed by atoms with van der Waals surface area (Å²) < 4.78 is 20.4. The molecule has 124 valence electrons. The summed E-state index contributed by atoms with van der Waals surface area (Å²) in [6.07, 6.45) is 0.0156. The van der Waals surface area contributed by atoms with E-state index in [1.807, 2.05) is 13.8 Å². The molecule has 1 aromatic heterocycles. The molecule has 2 aromatic rings. The van der Waals surface area contributed by atoms with E-state index in [9.17, 15) is 9.18 Å². The van der Waals surface area contributed by atoms with Crippen molar-refractivity contribution in [2.24, 2.45) is 0 Å². The molecule has 2 rings (SSSR count). The van der Waals surface area contributed by atoms with Crippen LogP contribution >= 0.6 is 39.0 Å². The molecule has 0 fully saturated rings. The summed E-state index contributed by atoms with van der Waals surface area (Å²) in [6.45, 7) is 5.52. The second-order valence-electron chi connectivity index (χ2n) is 4.87. The lowest BCUT2D eigenvalue weighted by atomic mass is 10.3. The highest BCUT2D eigenvalue weighted by Crippen LogP contribution is 2.31. The third kappa shape index (κ3) is 5.43. The Hall–Kier alpha value is -1.19. The Labute approximate surface area is 150 Å². The molecule has 0 saturated heterocycles. The average molecular weight is 420 g/mol. The largest absolute Gasteiger partial charge is 0.466 e. The Bertz CT molecular complexity index is 696. The van der Waals surface area contributed by atoms with E-state index < -0.39 is 11.1 Å². The molecule has 1 N–H and O–H groups in total. The van der Waals surface area contributed by atoms with Crippen molar-refractivity contribution >= 4 is 50.6 Å². The van der Waals surface area contributed by atoms with Crippen molar-refractivity contribution in [1.29, 1.82) is 0 Å². The summed E-state index contributed by atoms with van der Waals surface area (Å²) in [5.41, 5.74) is 0.145. The van der Waals surface area contributed by atoms with Crippen molar-refractivity contribution in [3.8, 4) is 5.19 Å². The summed E-state index contributed by atoms with van der Waals surface area (Å²) in [7, 11) is 0. The van der Waals surface area contributed by atoms with E-state index in [-0.39, 0.29) is 17.7 Å². The Morgan fingerprint density at radius 2 is 2.13 bits per heavy atom. The topological polar surface area (TPSA) is 64.1 Å². The summed E-state index contributed by atoms with van der Waals surface area (Å²) in [4.78, 5) is 12.2. The first kappa shape index (κ1) is 18.2. The van der Waals surface area contributed by atoms with E-state index >= 15 is 0 Å². The summed E-state index contributed by atoms with van der Waals surface area (Å²) in [6, 6.07) is 4.47. The van der Waals surface area contributed by atoms with Crippen molar-refractivity contribution in [3.63, 3.8) is 0 Å². The van der Waals surface area contributed by atoms with E-state index in [1.165, 1.54) is 35.2 Å². The lowest BCUT2D eigenvalue weighted by Crippen LogP contribution is -2.22. The van der Waals surface area contributed by atoms with Gasteiger partial charge in [-0.2, -0.15) is 0 Å². The molecule has 1 amide bonds. The molecule has 5 nitrogen and oxygen atoms in total. The SMILES string of the molecule is CC(C)Oc1nnc(SC(C)C(=O)Nc2ccc(Br)cc2F)s1. The van der Waals surface area contributed by atoms with Crippen molar-refractivity contribution in [2.45, 2.75) is 36.5 Å². The number of aromatic nitrogens is 2. The molecule has 1 heterocycles. The molecule has 0 aliphatic carbocycles. The van der Waals surface area contributed by atoms with Crippen LogP contribution in [0.2, 0.25) is 0 Å². The van der Waals surface area contributed by atoms with Gasteiger partial charge in [-0.15, -0.1) is 5.10 Å². The Morgan fingerprint density at radius 1 is 1.39 bits per heavy atom. The van der Waals surface area contributed by atoms with Gasteiger partial charge in [-0.05, 0) is 50.3 Å². The molecule has 0 aliphatic rings. The van der Waals surface area contributed by atoms with Gasteiger partial charge in [0.25, 0.3) is 5.19 Å².